The molecule has 1 saturated carbocycles. The van der Waals surface area contributed by atoms with E-state index in [9.17, 15) is 24.7 Å². The largest absolute Gasteiger partial charge is 0.598 e. The van der Waals surface area contributed by atoms with Gasteiger partial charge in [0.1, 0.15) is 6.26 Å². The Hall–Kier alpha value is -2.94. The quantitative estimate of drug-likeness (QED) is 0.409. The standard InChI is InChI=1S/C25H25BN4O4S/c1-35(34)30-13-11-29(12-14-30)24(31)20-15-28-23-19(3-2-4-21(23)26(32)33)22(20)17-5-7-18(8-6-17)25(16-27)9-10-25/h2-8,15,32-33H,9-14H2,1H3. The Morgan fingerprint density at radius 2 is 1.83 bits per heavy atom. The molecule has 1 unspecified atom stereocenters. The SMILES string of the molecule is C[S+]([O-])N1CCN(C(=O)c2cnc3c(B(O)O)cccc3c2-c2ccc(C3(C#N)CC3)cc2)CC1. The number of aromatic nitrogens is 1. The molecule has 2 aliphatic rings. The number of hydrogen-bond acceptors (Lipinski definition) is 7. The lowest BCUT2D eigenvalue weighted by atomic mass is 9.78. The van der Waals surface area contributed by atoms with Crippen LogP contribution in [0.1, 0.15) is 28.8 Å². The average molecular weight is 488 g/mol. The van der Waals surface area contributed by atoms with E-state index in [0.717, 1.165) is 24.0 Å². The van der Waals surface area contributed by atoms with Crippen LogP contribution in [0.3, 0.4) is 0 Å². The van der Waals surface area contributed by atoms with Gasteiger partial charge in [-0.15, -0.1) is 4.31 Å². The molecule has 1 saturated heterocycles. The molecule has 3 aromatic rings. The minimum atomic E-state index is -1.70. The van der Waals surface area contributed by atoms with Crippen molar-refractivity contribution in [3.63, 3.8) is 0 Å². The zero-order chi connectivity index (χ0) is 24.7. The van der Waals surface area contributed by atoms with E-state index >= 15 is 0 Å². The summed E-state index contributed by atoms with van der Waals surface area (Å²) in [7, 11) is -1.70. The van der Waals surface area contributed by atoms with Crippen LogP contribution in [-0.2, 0) is 16.8 Å². The van der Waals surface area contributed by atoms with Gasteiger partial charge < -0.3 is 19.5 Å². The van der Waals surface area contributed by atoms with Gasteiger partial charge in [0.15, 0.2) is 0 Å². The van der Waals surface area contributed by atoms with Crippen LogP contribution in [-0.4, -0.2) is 74.3 Å². The molecule has 35 heavy (non-hydrogen) atoms. The number of hydrogen-bond donors (Lipinski definition) is 2. The molecular formula is C25H25BN4O4S. The molecule has 2 N–H and O–H groups in total. The third-order valence-corrected chi connectivity index (χ3v) is 8.11. The summed E-state index contributed by atoms with van der Waals surface area (Å²) in [5.41, 5.74) is 3.10. The van der Waals surface area contributed by atoms with Crippen molar-refractivity contribution in [2.45, 2.75) is 18.3 Å². The topological polar surface area (TPSA) is 124 Å². The highest BCUT2D eigenvalue weighted by Crippen LogP contribution is 2.48. The number of carbonyl (C=O) groups is 1. The molecule has 2 heterocycles. The van der Waals surface area contributed by atoms with Gasteiger partial charge in [-0.1, -0.05) is 42.5 Å². The van der Waals surface area contributed by atoms with E-state index in [1.807, 2.05) is 34.6 Å². The van der Waals surface area contributed by atoms with Gasteiger partial charge in [-0.25, -0.2) is 0 Å². The van der Waals surface area contributed by atoms with Gasteiger partial charge in [0.25, 0.3) is 5.91 Å². The summed E-state index contributed by atoms with van der Waals surface area (Å²) in [5.74, 6) is -0.175. The number of nitriles is 1. The van der Waals surface area contributed by atoms with Gasteiger partial charge in [0.2, 0.25) is 0 Å². The average Bonchev–Trinajstić information content (AvgIpc) is 3.68. The first-order chi connectivity index (χ1) is 16.8. The summed E-state index contributed by atoms with van der Waals surface area (Å²) >= 11 is -1.08. The van der Waals surface area contributed by atoms with Crippen molar-refractivity contribution in [3.8, 4) is 17.2 Å². The minimum Gasteiger partial charge on any atom is -0.598 e. The third kappa shape index (κ3) is 4.31. The first-order valence-electron chi connectivity index (χ1n) is 11.5. The molecule has 1 aromatic heterocycles. The second kappa shape index (κ2) is 9.26. The molecule has 2 fully saturated rings. The highest BCUT2D eigenvalue weighted by atomic mass is 32.2. The smallest absolute Gasteiger partial charge is 0.490 e. The van der Waals surface area contributed by atoms with Crippen molar-refractivity contribution < 1.29 is 19.4 Å². The summed E-state index contributed by atoms with van der Waals surface area (Å²) in [6.07, 6.45) is 4.83. The number of benzene rings is 2. The maximum Gasteiger partial charge on any atom is 0.490 e. The zero-order valence-corrected chi connectivity index (χ0v) is 20.2. The summed E-state index contributed by atoms with van der Waals surface area (Å²) in [5, 5.41) is 29.9. The first kappa shape index (κ1) is 23.8. The van der Waals surface area contributed by atoms with Crippen molar-refractivity contribution in [3.05, 3.63) is 59.8 Å². The Kier molecular flexibility index (Phi) is 6.29. The molecule has 1 aliphatic heterocycles. The normalized spacial score (nSPS) is 18.2. The van der Waals surface area contributed by atoms with Gasteiger partial charge >= 0.3 is 7.12 Å². The first-order valence-corrected chi connectivity index (χ1v) is 13.0. The maximum absolute atomic E-state index is 13.7. The molecule has 2 aromatic carbocycles. The van der Waals surface area contributed by atoms with Gasteiger partial charge in [-0.05, 0) is 24.0 Å². The summed E-state index contributed by atoms with van der Waals surface area (Å²) in [4.78, 5) is 19.9. The number of nitrogens with zero attached hydrogens (tertiary/aromatic N) is 4. The van der Waals surface area contributed by atoms with E-state index in [1.165, 1.54) is 6.20 Å². The molecule has 0 radical (unpaired) electrons. The summed E-state index contributed by atoms with van der Waals surface area (Å²) in [6, 6.07) is 15.3. The van der Waals surface area contributed by atoms with Crippen LogP contribution >= 0.6 is 0 Å². The van der Waals surface area contributed by atoms with Gasteiger partial charge in [-0.3, -0.25) is 9.78 Å². The summed E-state index contributed by atoms with van der Waals surface area (Å²) < 4.78 is 13.6. The fraction of sp³-hybridized carbons (Fsp3) is 0.320. The Balaban J connectivity index is 1.60. The highest BCUT2D eigenvalue weighted by Gasteiger charge is 2.44. The maximum atomic E-state index is 13.7. The van der Waals surface area contributed by atoms with Crippen molar-refractivity contribution in [2.75, 3.05) is 32.4 Å². The van der Waals surface area contributed by atoms with Gasteiger partial charge in [0, 0.05) is 47.1 Å². The molecular weight excluding hydrogens is 463 g/mol. The van der Waals surface area contributed by atoms with Crippen LogP contribution in [0.4, 0.5) is 0 Å². The molecule has 10 heteroatoms. The van der Waals surface area contributed by atoms with E-state index < -0.39 is 23.9 Å². The van der Waals surface area contributed by atoms with Crippen LogP contribution in [0.2, 0.25) is 0 Å². The summed E-state index contributed by atoms with van der Waals surface area (Å²) in [6.45, 7) is 1.96. The molecule has 1 amide bonds. The van der Waals surface area contributed by atoms with Crippen LogP contribution in [0.15, 0.2) is 48.7 Å². The van der Waals surface area contributed by atoms with E-state index in [2.05, 4.69) is 11.1 Å². The molecule has 0 bridgehead atoms. The Labute approximate surface area is 207 Å². The Bertz CT molecular complexity index is 1310. The number of amides is 1. The number of piperazine rings is 1. The Morgan fingerprint density at radius 3 is 2.40 bits per heavy atom. The van der Waals surface area contributed by atoms with Crippen molar-refractivity contribution in [1.82, 2.24) is 14.2 Å². The number of pyridine rings is 1. The minimum absolute atomic E-state index is 0.175. The number of carbonyl (C=O) groups excluding carboxylic acids is 1. The molecule has 8 nitrogen and oxygen atoms in total. The number of rotatable bonds is 5. The fourth-order valence-corrected chi connectivity index (χ4v) is 5.47. The van der Waals surface area contributed by atoms with E-state index in [4.69, 9.17) is 0 Å². The predicted octanol–water partition coefficient (Wildman–Crippen LogP) is 1.19. The molecule has 1 atom stereocenters. The molecule has 0 spiro atoms. The Morgan fingerprint density at radius 1 is 1.14 bits per heavy atom. The van der Waals surface area contributed by atoms with Crippen molar-refractivity contribution >= 4 is 40.8 Å². The van der Waals surface area contributed by atoms with Crippen LogP contribution in [0.25, 0.3) is 22.0 Å². The number of para-hydroxylation sites is 1. The molecule has 5 rings (SSSR count). The second-order valence-electron chi connectivity index (χ2n) is 9.08. The van der Waals surface area contributed by atoms with E-state index in [-0.39, 0.29) is 11.4 Å². The van der Waals surface area contributed by atoms with Gasteiger partial charge in [0.05, 0.1) is 35.7 Å². The zero-order valence-electron chi connectivity index (χ0n) is 19.3. The monoisotopic (exact) mass is 488 g/mol. The fourth-order valence-electron chi connectivity index (χ4n) is 4.79. The lowest BCUT2D eigenvalue weighted by molar-refractivity contribution is 0.0699. The van der Waals surface area contributed by atoms with Crippen LogP contribution in [0, 0.1) is 11.3 Å². The third-order valence-electron chi connectivity index (χ3n) is 7.02. The molecule has 178 valence electrons. The van der Waals surface area contributed by atoms with Crippen molar-refractivity contribution in [2.24, 2.45) is 0 Å². The van der Waals surface area contributed by atoms with E-state index in [0.29, 0.717) is 48.2 Å². The number of fused-ring (bicyclic) bond motifs is 1. The van der Waals surface area contributed by atoms with Crippen LogP contribution in [0.5, 0.6) is 0 Å². The lowest BCUT2D eigenvalue weighted by Crippen LogP contribution is -2.50. The lowest BCUT2D eigenvalue weighted by Gasteiger charge is -2.33. The van der Waals surface area contributed by atoms with Crippen LogP contribution < -0.4 is 5.46 Å². The van der Waals surface area contributed by atoms with E-state index in [1.54, 1.807) is 23.3 Å². The molecule has 1 aliphatic carbocycles. The highest BCUT2D eigenvalue weighted by molar-refractivity contribution is 7.88. The second-order valence-corrected chi connectivity index (χ2v) is 10.4. The van der Waals surface area contributed by atoms with Crippen molar-refractivity contribution in [1.29, 1.82) is 5.26 Å². The van der Waals surface area contributed by atoms with Gasteiger partial charge in [-0.2, -0.15) is 5.26 Å². The predicted molar refractivity (Wildman–Crippen MR) is 135 cm³/mol.